The van der Waals surface area contributed by atoms with E-state index in [4.69, 9.17) is 16.0 Å². The van der Waals surface area contributed by atoms with Gasteiger partial charge in [0, 0.05) is 12.1 Å². The van der Waals surface area contributed by atoms with Crippen LogP contribution in [0.5, 0.6) is 0 Å². The number of nitrogens with one attached hydrogen (secondary N) is 1. The Labute approximate surface area is 82.1 Å². The standard InChI is InChI=1S/C9H12ClNO2/c1-6-3-8(7(2)13-6)5-11-9(12)4-10/h3H,4-5H2,1-2H3,(H,11,12). The molecule has 0 radical (unpaired) electrons. The summed E-state index contributed by atoms with van der Waals surface area (Å²) in [5, 5.41) is 2.67. The van der Waals surface area contributed by atoms with Gasteiger partial charge in [0.05, 0.1) is 0 Å². The van der Waals surface area contributed by atoms with E-state index in [1.165, 1.54) is 0 Å². The van der Waals surface area contributed by atoms with Gasteiger partial charge in [-0.2, -0.15) is 0 Å². The van der Waals surface area contributed by atoms with Crippen LogP contribution in [0.4, 0.5) is 0 Å². The second-order valence-corrected chi connectivity index (χ2v) is 3.12. The summed E-state index contributed by atoms with van der Waals surface area (Å²) in [6.07, 6.45) is 0. The van der Waals surface area contributed by atoms with Gasteiger partial charge in [0.2, 0.25) is 5.91 Å². The highest BCUT2D eigenvalue weighted by molar-refractivity contribution is 6.27. The lowest BCUT2D eigenvalue weighted by Gasteiger charge is -2.00. The van der Waals surface area contributed by atoms with Gasteiger partial charge in [0.15, 0.2) is 0 Å². The number of aryl methyl sites for hydroxylation is 2. The third-order valence-electron chi connectivity index (χ3n) is 1.74. The summed E-state index contributed by atoms with van der Waals surface area (Å²) in [7, 11) is 0. The van der Waals surface area contributed by atoms with Crippen molar-refractivity contribution in [3.8, 4) is 0 Å². The van der Waals surface area contributed by atoms with Crippen molar-refractivity contribution in [3.63, 3.8) is 0 Å². The SMILES string of the molecule is Cc1cc(CNC(=O)CCl)c(C)o1. The van der Waals surface area contributed by atoms with E-state index in [0.29, 0.717) is 6.54 Å². The molecule has 0 aliphatic rings. The van der Waals surface area contributed by atoms with Crippen molar-refractivity contribution in [2.45, 2.75) is 20.4 Å². The lowest BCUT2D eigenvalue weighted by molar-refractivity contribution is -0.118. The van der Waals surface area contributed by atoms with Crippen molar-refractivity contribution >= 4 is 17.5 Å². The average molecular weight is 202 g/mol. The molecule has 72 valence electrons. The predicted molar refractivity (Wildman–Crippen MR) is 50.7 cm³/mol. The van der Waals surface area contributed by atoms with E-state index in [-0.39, 0.29) is 11.8 Å². The van der Waals surface area contributed by atoms with Crippen LogP contribution in [0, 0.1) is 13.8 Å². The van der Waals surface area contributed by atoms with Crippen LogP contribution >= 0.6 is 11.6 Å². The van der Waals surface area contributed by atoms with E-state index in [2.05, 4.69) is 5.32 Å². The number of halogens is 1. The zero-order valence-electron chi connectivity index (χ0n) is 7.69. The van der Waals surface area contributed by atoms with E-state index >= 15 is 0 Å². The van der Waals surface area contributed by atoms with Gasteiger partial charge < -0.3 is 9.73 Å². The summed E-state index contributed by atoms with van der Waals surface area (Å²) in [4.78, 5) is 10.8. The molecule has 0 aromatic carbocycles. The van der Waals surface area contributed by atoms with Crippen molar-refractivity contribution in [1.82, 2.24) is 5.32 Å². The normalized spacial score (nSPS) is 10.1. The van der Waals surface area contributed by atoms with Gasteiger partial charge in [-0.25, -0.2) is 0 Å². The van der Waals surface area contributed by atoms with Gasteiger partial charge in [-0.1, -0.05) is 0 Å². The van der Waals surface area contributed by atoms with Crippen molar-refractivity contribution in [2.75, 3.05) is 5.88 Å². The Morgan fingerprint density at radius 2 is 2.31 bits per heavy atom. The molecule has 1 aromatic heterocycles. The molecule has 1 rings (SSSR count). The number of rotatable bonds is 3. The minimum Gasteiger partial charge on any atom is -0.466 e. The summed E-state index contributed by atoms with van der Waals surface area (Å²) in [6.45, 7) is 4.23. The Balaban J connectivity index is 2.54. The molecule has 0 fully saturated rings. The molecule has 1 aromatic rings. The second kappa shape index (κ2) is 4.33. The van der Waals surface area contributed by atoms with Gasteiger partial charge in [0.1, 0.15) is 17.4 Å². The fourth-order valence-electron chi connectivity index (χ4n) is 1.10. The van der Waals surface area contributed by atoms with Crippen molar-refractivity contribution in [2.24, 2.45) is 0 Å². The van der Waals surface area contributed by atoms with Crippen LogP contribution in [0.15, 0.2) is 10.5 Å². The van der Waals surface area contributed by atoms with Crippen LogP contribution in [0.1, 0.15) is 17.1 Å². The van der Waals surface area contributed by atoms with E-state index < -0.39 is 0 Å². The van der Waals surface area contributed by atoms with Gasteiger partial charge in [-0.05, 0) is 19.9 Å². The van der Waals surface area contributed by atoms with Gasteiger partial charge in [-0.3, -0.25) is 4.79 Å². The van der Waals surface area contributed by atoms with E-state index in [0.717, 1.165) is 17.1 Å². The van der Waals surface area contributed by atoms with Gasteiger partial charge in [0.25, 0.3) is 0 Å². The summed E-state index contributed by atoms with van der Waals surface area (Å²) < 4.78 is 5.30. The number of carbonyl (C=O) groups is 1. The number of furan rings is 1. The molecule has 0 aliphatic heterocycles. The molecule has 0 bridgehead atoms. The second-order valence-electron chi connectivity index (χ2n) is 2.85. The minimum absolute atomic E-state index is 0.00409. The van der Waals surface area contributed by atoms with E-state index in [1.807, 2.05) is 19.9 Å². The number of carbonyl (C=O) groups excluding carboxylic acids is 1. The van der Waals surface area contributed by atoms with Gasteiger partial charge in [-0.15, -0.1) is 11.6 Å². The van der Waals surface area contributed by atoms with Gasteiger partial charge >= 0.3 is 0 Å². The lowest BCUT2D eigenvalue weighted by atomic mass is 10.2. The fraction of sp³-hybridized carbons (Fsp3) is 0.444. The summed E-state index contributed by atoms with van der Waals surface area (Å²) in [5.74, 6) is 1.52. The van der Waals surface area contributed by atoms with Crippen LogP contribution in [-0.2, 0) is 11.3 Å². The number of alkyl halides is 1. The quantitative estimate of drug-likeness (QED) is 0.758. The third kappa shape index (κ3) is 2.77. The zero-order chi connectivity index (χ0) is 9.84. The molecule has 1 heterocycles. The molecule has 0 unspecified atom stereocenters. The first-order chi connectivity index (χ1) is 6.13. The number of hydrogen-bond donors (Lipinski definition) is 1. The molecule has 0 saturated carbocycles. The first-order valence-electron chi connectivity index (χ1n) is 4.02. The van der Waals surface area contributed by atoms with Crippen LogP contribution in [-0.4, -0.2) is 11.8 Å². The maximum Gasteiger partial charge on any atom is 0.235 e. The minimum atomic E-state index is -0.167. The van der Waals surface area contributed by atoms with Crippen LogP contribution < -0.4 is 5.32 Å². The van der Waals surface area contributed by atoms with E-state index in [1.54, 1.807) is 0 Å². The molecule has 3 nitrogen and oxygen atoms in total. The molecule has 1 N–H and O–H groups in total. The first kappa shape index (κ1) is 10.1. The Morgan fingerprint density at radius 3 is 2.77 bits per heavy atom. The number of hydrogen-bond acceptors (Lipinski definition) is 2. The maximum atomic E-state index is 10.8. The predicted octanol–water partition coefficient (Wildman–Crippen LogP) is 1.75. The van der Waals surface area contributed by atoms with Crippen molar-refractivity contribution in [1.29, 1.82) is 0 Å². The highest BCUT2D eigenvalue weighted by Gasteiger charge is 2.05. The van der Waals surface area contributed by atoms with Crippen molar-refractivity contribution in [3.05, 3.63) is 23.2 Å². The van der Waals surface area contributed by atoms with E-state index in [9.17, 15) is 4.79 Å². The lowest BCUT2D eigenvalue weighted by Crippen LogP contribution is -2.23. The number of amides is 1. The third-order valence-corrected chi connectivity index (χ3v) is 1.98. The molecule has 1 amide bonds. The molecule has 0 saturated heterocycles. The Kier molecular flexibility index (Phi) is 3.37. The largest absolute Gasteiger partial charge is 0.466 e. The monoisotopic (exact) mass is 201 g/mol. The smallest absolute Gasteiger partial charge is 0.235 e. The fourth-order valence-corrected chi connectivity index (χ4v) is 1.19. The molecule has 0 spiro atoms. The van der Waals surface area contributed by atoms with Crippen LogP contribution in [0.3, 0.4) is 0 Å². The average Bonchev–Trinajstić information content (AvgIpc) is 2.41. The molecular formula is C9H12ClNO2. The summed E-state index contributed by atoms with van der Waals surface area (Å²) in [6, 6.07) is 1.91. The topological polar surface area (TPSA) is 42.2 Å². The zero-order valence-corrected chi connectivity index (χ0v) is 8.44. The Hall–Kier alpha value is -0.960. The summed E-state index contributed by atoms with van der Waals surface area (Å²) in [5.41, 5.74) is 0.996. The maximum absolute atomic E-state index is 10.8. The van der Waals surface area contributed by atoms with Crippen molar-refractivity contribution < 1.29 is 9.21 Å². The highest BCUT2D eigenvalue weighted by Crippen LogP contribution is 2.12. The van der Waals surface area contributed by atoms with Crippen LogP contribution in [0.2, 0.25) is 0 Å². The molecule has 4 heteroatoms. The molecular weight excluding hydrogens is 190 g/mol. The Morgan fingerprint density at radius 1 is 1.62 bits per heavy atom. The molecule has 13 heavy (non-hydrogen) atoms. The molecule has 0 aliphatic carbocycles. The highest BCUT2D eigenvalue weighted by atomic mass is 35.5. The summed E-state index contributed by atoms with van der Waals surface area (Å²) >= 11 is 5.33. The Bertz CT molecular complexity index is 307. The molecule has 0 atom stereocenters. The first-order valence-corrected chi connectivity index (χ1v) is 4.55. The van der Waals surface area contributed by atoms with Crippen LogP contribution in [0.25, 0.3) is 0 Å².